The molecule has 1 amide bonds. The van der Waals surface area contributed by atoms with E-state index in [0.717, 1.165) is 16.7 Å². The number of carbonyl (C=O) groups excluding carboxylic acids is 1. The molecule has 1 aromatic heterocycles. The second-order valence-electron chi connectivity index (χ2n) is 5.46. The molecule has 122 valence electrons. The number of carbonyl (C=O) groups is 1. The lowest BCUT2D eigenvalue weighted by atomic mass is 10.1. The number of hydrogen-bond acceptors (Lipinski definition) is 3. The summed E-state index contributed by atoms with van der Waals surface area (Å²) in [6.07, 6.45) is 1.49. The predicted molar refractivity (Wildman–Crippen MR) is 91.3 cm³/mol. The molecular weight excluding hydrogens is 302 g/mol. The number of nitrogens with one attached hydrogen (secondary N) is 1. The van der Waals surface area contributed by atoms with Gasteiger partial charge in [0.1, 0.15) is 0 Å². The van der Waals surface area contributed by atoms with Gasteiger partial charge >= 0.3 is 0 Å². The fourth-order valence-corrected chi connectivity index (χ4v) is 2.37. The third-order valence-electron chi connectivity index (χ3n) is 3.57. The van der Waals surface area contributed by atoms with Crippen molar-refractivity contribution in [2.75, 3.05) is 0 Å². The number of amides is 1. The highest BCUT2D eigenvalue weighted by Gasteiger charge is 2.07. The summed E-state index contributed by atoms with van der Waals surface area (Å²) in [7, 11) is 0. The predicted octanol–water partition coefficient (Wildman–Crippen LogP) is 3.93. The van der Waals surface area contributed by atoms with Crippen molar-refractivity contribution < 1.29 is 13.9 Å². The van der Waals surface area contributed by atoms with Crippen molar-refractivity contribution >= 4 is 5.91 Å². The van der Waals surface area contributed by atoms with Crippen LogP contribution in [0.3, 0.4) is 0 Å². The summed E-state index contributed by atoms with van der Waals surface area (Å²) in [5.41, 5.74) is 3.26. The van der Waals surface area contributed by atoms with Gasteiger partial charge in [-0.25, -0.2) is 0 Å². The first-order valence-corrected chi connectivity index (χ1v) is 7.82. The molecule has 24 heavy (non-hydrogen) atoms. The maximum absolute atomic E-state index is 11.9. The average Bonchev–Trinajstić information content (AvgIpc) is 3.16. The minimum absolute atomic E-state index is 0.217. The number of benzene rings is 2. The van der Waals surface area contributed by atoms with E-state index in [0.29, 0.717) is 25.5 Å². The van der Waals surface area contributed by atoms with Crippen molar-refractivity contribution in [3.8, 4) is 0 Å². The molecule has 0 unspecified atom stereocenters. The number of furan rings is 1. The highest BCUT2D eigenvalue weighted by molar-refractivity contribution is 5.91. The van der Waals surface area contributed by atoms with Crippen LogP contribution in [0.2, 0.25) is 0 Å². The third kappa shape index (κ3) is 4.57. The molecule has 0 bridgehead atoms. The zero-order valence-corrected chi connectivity index (χ0v) is 13.3. The van der Waals surface area contributed by atoms with Crippen LogP contribution in [0.5, 0.6) is 0 Å². The molecule has 0 aliphatic heterocycles. The maximum atomic E-state index is 11.9. The first-order chi connectivity index (χ1) is 11.8. The fraction of sp³-hybridized carbons (Fsp3) is 0.150. The summed E-state index contributed by atoms with van der Waals surface area (Å²) >= 11 is 0. The molecule has 0 spiro atoms. The largest absolute Gasteiger partial charge is 0.459 e. The molecule has 0 aliphatic carbocycles. The summed E-state index contributed by atoms with van der Waals surface area (Å²) in [6, 6.07) is 21.4. The van der Waals surface area contributed by atoms with Gasteiger partial charge in [0, 0.05) is 6.54 Å². The number of ether oxygens (including phenoxy) is 1. The zero-order valence-electron chi connectivity index (χ0n) is 13.3. The Morgan fingerprint density at radius 3 is 2.42 bits per heavy atom. The third-order valence-corrected chi connectivity index (χ3v) is 3.57. The minimum Gasteiger partial charge on any atom is -0.459 e. The van der Waals surface area contributed by atoms with E-state index in [1.54, 1.807) is 12.1 Å². The van der Waals surface area contributed by atoms with Crippen LogP contribution in [0.15, 0.2) is 77.4 Å². The van der Waals surface area contributed by atoms with E-state index < -0.39 is 0 Å². The van der Waals surface area contributed by atoms with Gasteiger partial charge in [-0.3, -0.25) is 4.79 Å². The quantitative estimate of drug-likeness (QED) is 0.717. The topological polar surface area (TPSA) is 51.5 Å². The molecule has 1 heterocycles. The Balaban J connectivity index is 1.49. The molecule has 2 aromatic carbocycles. The van der Waals surface area contributed by atoms with Crippen LogP contribution in [0.4, 0.5) is 0 Å². The summed E-state index contributed by atoms with van der Waals surface area (Å²) in [4.78, 5) is 11.9. The Morgan fingerprint density at radius 2 is 1.62 bits per heavy atom. The SMILES string of the molecule is O=C(NCc1cccc(COCc2ccccc2)c1)c1ccco1. The second-order valence-corrected chi connectivity index (χ2v) is 5.46. The van der Waals surface area contributed by atoms with Crippen molar-refractivity contribution in [2.24, 2.45) is 0 Å². The molecule has 1 N–H and O–H groups in total. The van der Waals surface area contributed by atoms with E-state index in [1.165, 1.54) is 6.26 Å². The Bertz CT molecular complexity index is 767. The van der Waals surface area contributed by atoms with E-state index in [2.05, 4.69) is 5.32 Å². The second kappa shape index (κ2) is 8.13. The molecule has 4 nitrogen and oxygen atoms in total. The highest BCUT2D eigenvalue weighted by Crippen LogP contribution is 2.09. The van der Waals surface area contributed by atoms with Crippen LogP contribution in [0.25, 0.3) is 0 Å². The van der Waals surface area contributed by atoms with E-state index >= 15 is 0 Å². The standard InChI is InChI=1S/C20H19NO3/c22-20(19-10-5-11-24-19)21-13-17-8-4-9-18(12-17)15-23-14-16-6-2-1-3-7-16/h1-12H,13-15H2,(H,21,22). The summed E-state index contributed by atoms with van der Waals surface area (Å²) in [5, 5.41) is 2.84. The monoisotopic (exact) mass is 321 g/mol. The zero-order chi connectivity index (χ0) is 16.6. The number of hydrogen-bond donors (Lipinski definition) is 1. The van der Waals surface area contributed by atoms with Crippen molar-refractivity contribution in [1.82, 2.24) is 5.32 Å². The van der Waals surface area contributed by atoms with E-state index in [1.807, 2.05) is 54.6 Å². The Labute approximate surface area is 141 Å². The van der Waals surface area contributed by atoms with Gasteiger partial charge in [-0.1, -0.05) is 54.6 Å². The maximum Gasteiger partial charge on any atom is 0.287 e. The van der Waals surface area contributed by atoms with E-state index in [-0.39, 0.29) is 5.91 Å². The van der Waals surface area contributed by atoms with Crippen molar-refractivity contribution in [1.29, 1.82) is 0 Å². The molecule has 0 fully saturated rings. The van der Waals surface area contributed by atoms with Crippen molar-refractivity contribution in [3.63, 3.8) is 0 Å². The van der Waals surface area contributed by atoms with Gasteiger partial charge < -0.3 is 14.5 Å². The molecule has 0 saturated carbocycles. The molecule has 4 heteroatoms. The van der Waals surface area contributed by atoms with Gasteiger partial charge in [-0.05, 0) is 28.8 Å². The molecule has 0 aliphatic rings. The van der Waals surface area contributed by atoms with Gasteiger partial charge in [0.15, 0.2) is 5.76 Å². The lowest BCUT2D eigenvalue weighted by Gasteiger charge is -2.08. The van der Waals surface area contributed by atoms with Crippen LogP contribution in [0, 0.1) is 0 Å². The fourth-order valence-electron chi connectivity index (χ4n) is 2.37. The van der Waals surface area contributed by atoms with Gasteiger partial charge in [-0.15, -0.1) is 0 Å². The van der Waals surface area contributed by atoms with Crippen molar-refractivity contribution in [2.45, 2.75) is 19.8 Å². The Morgan fingerprint density at radius 1 is 0.875 bits per heavy atom. The van der Waals surface area contributed by atoms with Crippen LogP contribution < -0.4 is 5.32 Å². The molecule has 3 rings (SSSR count). The van der Waals surface area contributed by atoms with Crippen LogP contribution in [-0.4, -0.2) is 5.91 Å². The molecular formula is C20H19NO3. The van der Waals surface area contributed by atoms with Crippen molar-refractivity contribution in [3.05, 3.63) is 95.4 Å². The van der Waals surface area contributed by atoms with E-state index in [9.17, 15) is 4.79 Å². The van der Waals surface area contributed by atoms with Crippen LogP contribution in [-0.2, 0) is 24.5 Å². The first kappa shape index (κ1) is 16.0. The van der Waals surface area contributed by atoms with E-state index in [4.69, 9.17) is 9.15 Å². The minimum atomic E-state index is -0.217. The Kier molecular flexibility index (Phi) is 5.43. The molecule has 0 atom stereocenters. The van der Waals surface area contributed by atoms with Gasteiger partial charge in [0.05, 0.1) is 19.5 Å². The smallest absolute Gasteiger partial charge is 0.287 e. The highest BCUT2D eigenvalue weighted by atomic mass is 16.5. The van der Waals surface area contributed by atoms with Crippen LogP contribution in [0.1, 0.15) is 27.2 Å². The normalized spacial score (nSPS) is 10.5. The molecule has 0 radical (unpaired) electrons. The summed E-state index contributed by atoms with van der Waals surface area (Å²) in [6.45, 7) is 1.57. The van der Waals surface area contributed by atoms with Gasteiger partial charge in [-0.2, -0.15) is 0 Å². The molecule has 0 saturated heterocycles. The average molecular weight is 321 g/mol. The summed E-state index contributed by atoms with van der Waals surface area (Å²) < 4.78 is 10.8. The van der Waals surface area contributed by atoms with Gasteiger partial charge in [0.25, 0.3) is 5.91 Å². The lowest BCUT2D eigenvalue weighted by molar-refractivity contribution is 0.0923. The first-order valence-electron chi connectivity index (χ1n) is 7.82. The van der Waals surface area contributed by atoms with Gasteiger partial charge in [0.2, 0.25) is 0 Å². The molecule has 3 aromatic rings. The number of rotatable bonds is 7. The summed E-state index contributed by atoms with van der Waals surface area (Å²) in [5.74, 6) is 0.100. The van der Waals surface area contributed by atoms with Crippen LogP contribution >= 0.6 is 0 Å². The Hall–Kier alpha value is -2.85. The lowest BCUT2D eigenvalue weighted by Crippen LogP contribution is -2.22.